The first-order valence-electron chi connectivity index (χ1n) is 5.97. The Kier molecular flexibility index (Phi) is 4.47. The third-order valence-electron chi connectivity index (χ3n) is 3.24. The Labute approximate surface area is 110 Å². The molecule has 0 fully saturated rings. The zero-order chi connectivity index (χ0) is 14.6. The van der Waals surface area contributed by atoms with Gasteiger partial charge in [-0.1, -0.05) is 13.8 Å². The molecule has 19 heavy (non-hydrogen) atoms. The molecule has 0 bridgehead atoms. The van der Waals surface area contributed by atoms with Crippen molar-refractivity contribution in [2.24, 2.45) is 5.73 Å². The number of hydrogen-bond acceptors (Lipinski definition) is 3. The molecule has 0 aliphatic carbocycles. The van der Waals surface area contributed by atoms with Gasteiger partial charge in [-0.15, -0.1) is 0 Å². The average molecular weight is 268 g/mol. The number of nitrogens with two attached hydrogens (primary N) is 1. The SMILES string of the molecule is CCC(CC)(Nc1ccc(F)cc1C(N)=O)C(=O)O. The Morgan fingerprint density at radius 3 is 2.37 bits per heavy atom. The summed E-state index contributed by atoms with van der Waals surface area (Å²) in [6.45, 7) is 3.44. The monoisotopic (exact) mass is 268 g/mol. The highest BCUT2D eigenvalue weighted by atomic mass is 19.1. The van der Waals surface area contributed by atoms with Crippen LogP contribution in [0.5, 0.6) is 0 Å². The van der Waals surface area contributed by atoms with Crippen molar-refractivity contribution in [2.45, 2.75) is 32.2 Å². The summed E-state index contributed by atoms with van der Waals surface area (Å²) in [5.74, 6) is -2.45. The van der Waals surface area contributed by atoms with E-state index < -0.39 is 23.2 Å². The highest BCUT2D eigenvalue weighted by Gasteiger charge is 2.35. The van der Waals surface area contributed by atoms with Crippen LogP contribution < -0.4 is 11.1 Å². The molecule has 0 spiro atoms. The highest BCUT2D eigenvalue weighted by Crippen LogP contribution is 2.26. The summed E-state index contributed by atoms with van der Waals surface area (Å²) in [6.07, 6.45) is 0.628. The van der Waals surface area contributed by atoms with E-state index in [-0.39, 0.29) is 11.3 Å². The summed E-state index contributed by atoms with van der Waals surface area (Å²) in [7, 11) is 0. The third-order valence-corrected chi connectivity index (χ3v) is 3.24. The second-order valence-electron chi connectivity index (χ2n) is 4.27. The molecule has 1 rings (SSSR count). The summed E-state index contributed by atoms with van der Waals surface area (Å²) < 4.78 is 13.1. The molecular weight excluding hydrogens is 251 g/mol. The van der Waals surface area contributed by atoms with Crippen LogP contribution in [-0.2, 0) is 4.79 Å². The van der Waals surface area contributed by atoms with Gasteiger partial charge in [-0.2, -0.15) is 0 Å². The Hall–Kier alpha value is -2.11. The number of carbonyl (C=O) groups is 2. The molecule has 0 aliphatic heterocycles. The van der Waals surface area contributed by atoms with Crippen LogP contribution in [-0.4, -0.2) is 22.5 Å². The molecule has 0 atom stereocenters. The Bertz CT molecular complexity index is 499. The summed E-state index contributed by atoms with van der Waals surface area (Å²) in [5, 5.41) is 12.1. The molecule has 0 unspecified atom stereocenters. The first-order valence-corrected chi connectivity index (χ1v) is 5.97. The van der Waals surface area contributed by atoms with Gasteiger partial charge in [-0.05, 0) is 31.0 Å². The molecule has 1 amide bonds. The minimum absolute atomic E-state index is 0.0625. The topological polar surface area (TPSA) is 92.4 Å². The van der Waals surface area contributed by atoms with E-state index in [1.807, 2.05) is 0 Å². The summed E-state index contributed by atoms with van der Waals surface area (Å²) >= 11 is 0. The standard InChI is InChI=1S/C13H17FN2O3/c1-3-13(4-2,12(18)19)16-10-6-5-8(14)7-9(10)11(15)17/h5-7,16H,3-4H2,1-2H3,(H2,15,17)(H,18,19). The summed E-state index contributed by atoms with van der Waals surface area (Å²) in [6, 6.07) is 3.45. The normalized spacial score (nSPS) is 11.1. The predicted octanol–water partition coefficient (Wildman–Crippen LogP) is 1.98. The lowest BCUT2D eigenvalue weighted by atomic mass is 9.92. The van der Waals surface area contributed by atoms with Gasteiger partial charge in [0.1, 0.15) is 11.4 Å². The van der Waals surface area contributed by atoms with Crippen molar-refractivity contribution in [2.75, 3.05) is 5.32 Å². The van der Waals surface area contributed by atoms with Crippen molar-refractivity contribution in [3.63, 3.8) is 0 Å². The van der Waals surface area contributed by atoms with E-state index in [0.29, 0.717) is 12.8 Å². The fourth-order valence-corrected chi connectivity index (χ4v) is 1.87. The number of carbonyl (C=O) groups excluding carboxylic acids is 1. The lowest BCUT2D eigenvalue weighted by Crippen LogP contribution is -2.45. The van der Waals surface area contributed by atoms with Crippen LogP contribution in [0.15, 0.2) is 18.2 Å². The predicted molar refractivity (Wildman–Crippen MR) is 69.5 cm³/mol. The van der Waals surface area contributed by atoms with Gasteiger partial charge in [0.05, 0.1) is 5.56 Å². The van der Waals surface area contributed by atoms with Crippen LogP contribution in [0.25, 0.3) is 0 Å². The molecule has 0 radical (unpaired) electrons. The van der Waals surface area contributed by atoms with E-state index in [9.17, 15) is 19.1 Å². The number of rotatable bonds is 6. The van der Waals surface area contributed by atoms with Crippen molar-refractivity contribution in [1.29, 1.82) is 0 Å². The number of carboxylic acids is 1. The van der Waals surface area contributed by atoms with E-state index in [2.05, 4.69) is 5.32 Å². The largest absolute Gasteiger partial charge is 0.480 e. The summed E-state index contributed by atoms with van der Waals surface area (Å²) in [5.41, 5.74) is 4.12. The Morgan fingerprint density at radius 1 is 1.37 bits per heavy atom. The van der Waals surface area contributed by atoms with Gasteiger partial charge in [0.15, 0.2) is 0 Å². The van der Waals surface area contributed by atoms with Crippen LogP contribution in [0, 0.1) is 5.82 Å². The van der Waals surface area contributed by atoms with Crippen molar-refractivity contribution in [3.8, 4) is 0 Å². The quantitative estimate of drug-likeness (QED) is 0.735. The maximum absolute atomic E-state index is 13.1. The number of primary amides is 1. The van der Waals surface area contributed by atoms with Crippen molar-refractivity contribution >= 4 is 17.6 Å². The third kappa shape index (κ3) is 3.01. The lowest BCUT2D eigenvalue weighted by molar-refractivity contribution is -0.142. The zero-order valence-electron chi connectivity index (χ0n) is 10.9. The van der Waals surface area contributed by atoms with Crippen molar-refractivity contribution in [1.82, 2.24) is 0 Å². The molecule has 0 heterocycles. The molecule has 0 aromatic heterocycles. The molecule has 0 aliphatic rings. The molecule has 104 valence electrons. The molecule has 4 N–H and O–H groups in total. The fraction of sp³-hybridized carbons (Fsp3) is 0.385. The second kappa shape index (κ2) is 5.69. The van der Waals surface area contributed by atoms with Crippen LogP contribution in [0.1, 0.15) is 37.0 Å². The minimum atomic E-state index is -1.21. The van der Waals surface area contributed by atoms with Gasteiger partial charge in [-0.25, -0.2) is 9.18 Å². The Morgan fingerprint density at radius 2 is 1.95 bits per heavy atom. The van der Waals surface area contributed by atoms with Crippen LogP contribution in [0.4, 0.5) is 10.1 Å². The average Bonchev–Trinajstić information content (AvgIpc) is 2.37. The second-order valence-corrected chi connectivity index (χ2v) is 4.27. The molecule has 1 aromatic rings. The molecule has 1 aromatic carbocycles. The van der Waals surface area contributed by atoms with Crippen LogP contribution in [0.3, 0.4) is 0 Å². The van der Waals surface area contributed by atoms with E-state index in [4.69, 9.17) is 5.73 Å². The number of amides is 1. The van der Waals surface area contributed by atoms with E-state index >= 15 is 0 Å². The van der Waals surface area contributed by atoms with Crippen molar-refractivity contribution < 1.29 is 19.1 Å². The van der Waals surface area contributed by atoms with Crippen LogP contribution >= 0.6 is 0 Å². The number of aliphatic carboxylic acids is 1. The molecule has 6 heteroatoms. The number of carboxylic acid groups (broad SMARTS) is 1. The lowest BCUT2D eigenvalue weighted by Gasteiger charge is -2.30. The minimum Gasteiger partial charge on any atom is -0.480 e. The maximum atomic E-state index is 13.1. The van der Waals surface area contributed by atoms with Crippen LogP contribution in [0.2, 0.25) is 0 Å². The van der Waals surface area contributed by atoms with Gasteiger partial charge in [0, 0.05) is 5.69 Å². The van der Waals surface area contributed by atoms with Gasteiger partial charge in [0.2, 0.25) is 0 Å². The van der Waals surface area contributed by atoms with Gasteiger partial charge in [0.25, 0.3) is 5.91 Å². The maximum Gasteiger partial charge on any atom is 0.329 e. The first kappa shape index (κ1) is 14.9. The number of halogens is 1. The first-order chi connectivity index (χ1) is 8.86. The smallest absolute Gasteiger partial charge is 0.329 e. The van der Waals surface area contributed by atoms with E-state index in [1.54, 1.807) is 13.8 Å². The molecular formula is C13H17FN2O3. The number of hydrogen-bond donors (Lipinski definition) is 3. The molecule has 0 saturated carbocycles. The van der Waals surface area contributed by atoms with Crippen molar-refractivity contribution in [3.05, 3.63) is 29.6 Å². The van der Waals surface area contributed by atoms with Gasteiger partial charge < -0.3 is 16.2 Å². The number of anilines is 1. The molecule has 0 saturated heterocycles. The zero-order valence-corrected chi connectivity index (χ0v) is 10.9. The fourth-order valence-electron chi connectivity index (χ4n) is 1.87. The van der Waals surface area contributed by atoms with Gasteiger partial charge in [-0.3, -0.25) is 4.79 Å². The number of nitrogens with one attached hydrogen (secondary N) is 1. The Balaban J connectivity index is 3.24. The molecule has 5 nitrogen and oxygen atoms in total. The van der Waals surface area contributed by atoms with E-state index in [1.165, 1.54) is 6.07 Å². The highest BCUT2D eigenvalue weighted by molar-refractivity contribution is 5.99. The van der Waals surface area contributed by atoms with Gasteiger partial charge >= 0.3 is 5.97 Å². The number of benzene rings is 1. The van der Waals surface area contributed by atoms with E-state index in [0.717, 1.165) is 12.1 Å². The summed E-state index contributed by atoms with van der Waals surface area (Å²) in [4.78, 5) is 22.7.